The van der Waals surface area contributed by atoms with E-state index < -0.39 is 0 Å². The van der Waals surface area contributed by atoms with Crippen LogP contribution in [0, 0.1) is 6.92 Å². The molecule has 0 saturated heterocycles. The number of hydrazine groups is 1. The van der Waals surface area contributed by atoms with Crippen LogP contribution >= 0.6 is 0 Å². The first-order valence-electron chi connectivity index (χ1n) is 4.05. The van der Waals surface area contributed by atoms with E-state index in [1.165, 1.54) is 6.07 Å². The lowest BCUT2D eigenvalue weighted by atomic mass is 10.0. The molecule has 0 heterocycles. The van der Waals surface area contributed by atoms with Crippen molar-refractivity contribution in [2.75, 3.05) is 0 Å². The fourth-order valence-electron chi connectivity index (χ4n) is 1.15. The number of aromatic hydroxyl groups is 2. The summed E-state index contributed by atoms with van der Waals surface area (Å²) in [7, 11) is 0. The molecule has 4 nitrogen and oxygen atoms in total. The molecule has 0 saturated carbocycles. The van der Waals surface area contributed by atoms with Gasteiger partial charge in [0.25, 0.3) is 0 Å². The van der Waals surface area contributed by atoms with Crippen molar-refractivity contribution in [1.82, 2.24) is 5.43 Å². The summed E-state index contributed by atoms with van der Waals surface area (Å²) in [6.45, 7) is 3.48. The van der Waals surface area contributed by atoms with Gasteiger partial charge in [-0.25, -0.2) is 0 Å². The minimum atomic E-state index is -0.140. The van der Waals surface area contributed by atoms with Crippen molar-refractivity contribution in [2.45, 2.75) is 19.9 Å². The number of phenolic OH excluding ortho intramolecular Hbond substituents is 2. The molecule has 72 valence electrons. The molecule has 4 heteroatoms. The van der Waals surface area contributed by atoms with Crippen LogP contribution in [0.4, 0.5) is 0 Å². The van der Waals surface area contributed by atoms with Crippen molar-refractivity contribution in [3.63, 3.8) is 0 Å². The molecule has 13 heavy (non-hydrogen) atoms. The van der Waals surface area contributed by atoms with Crippen molar-refractivity contribution in [1.29, 1.82) is 0 Å². The van der Waals surface area contributed by atoms with E-state index in [0.717, 1.165) is 0 Å². The third kappa shape index (κ3) is 1.74. The summed E-state index contributed by atoms with van der Waals surface area (Å²) in [4.78, 5) is 0. The van der Waals surface area contributed by atoms with Crippen LogP contribution in [0.5, 0.6) is 11.5 Å². The molecule has 0 aliphatic heterocycles. The van der Waals surface area contributed by atoms with E-state index in [-0.39, 0.29) is 17.5 Å². The number of nitrogens with one attached hydrogen (secondary N) is 1. The largest absolute Gasteiger partial charge is 0.508 e. The van der Waals surface area contributed by atoms with Gasteiger partial charge in [-0.05, 0) is 19.9 Å². The molecule has 0 aromatic heterocycles. The predicted molar refractivity (Wildman–Crippen MR) is 50.2 cm³/mol. The normalized spacial score (nSPS) is 12.8. The fourth-order valence-corrected chi connectivity index (χ4v) is 1.15. The van der Waals surface area contributed by atoms with Crippen molar-refractivity contribution >= 4 is 0 Å². The summed E-state index contributed by atoms with van der Waals surface area (Å²) in [6.07, 6.45) is 0. The first-order valence-corrected chi connectivity index (χ1v) is 4.05. The van der Waals surface area contributed by atoms with E-state index in [1.807, 2.05) is 6.92 Å². The molecule has 5 N–H and O–H groups in total. The molecule has 1 aromatic rings. The molecule has 0 radical (unpaired) electrons. The smallest absolute Gasteiger partial charge is 0.126 e. The Labute approximate surface area is 77.0 Å². The second-order valence-corrected chi connectivity index (χ2v) is 3.04. The van der Waals surface area contributed by atoms with Gasteiger partial charge in [-0.1, -0.05) is 6.07 Å². The maximum Gasteiger partial charge on any atom is 0.126 e. The zero-order valence-corrected chi connectivity index (χ0v) is 7.70. The number of benzene rings is 1. The van der Waals surface area contributed by atoms with Crippen LogP contribution in [0.1, 0.15) is 24.1 Å². The monoisotopic (exact) mass is 182 g/mol. The number of hydrogen-bond donors (Lipinski definition) is 4. The Balaban J connectivity index is 3.18. The zero-order valence-electron chi connectivity index (χ0n) is 7.70. The molecular formula is C9H14N2O2. The molecule has 0 spiro atoms. The standard InChI is InChI=1S/C9H14N2O2/c1-5-8(12)4-3-7(9(5)13)6(2)11-10/h3-4,6,11-13H,10H2,1-2H3/t6-/m1/s1. The fraction of sp³-hybridized carbons (Fsp3) is 0.333. The molecule has 1 rings (SSSR count). The molecule has 0 aliphatic rings. The molecular weight excluding hydrogens is 168 g/mol. The van der Waals surface area contributed by atoms with Crippen LogP contribution in [0.3, 0.4) is 0 Å². The number of phenols is 2. The van der Waals surface area contributed by atoms with Crippen LogP contribution in [-0.2, 0) is 0 Å². The molecule has 0 amide bonds. The van der Waals surface area contributed by atoms with Gasteiger partial charge in [-0.3, -0.25) is 11.3 Å². The average Bonchev–Trinajstić information content (AvgIpc) is 2.13. The second kappa shape index (κ2) is 3.64. The lowest BCUT2D eigenvalue weighted by Gasteiger charge is -2.14. The van der Waals surface area contributed by atoms with Crippen molar-refractivity contribution in [2.24, 2.45) is 5.84 Å². The summed E-state index contributed by atoms with van der Waals surface area (Å²) in [5.74, 6) is 5.41. The first kappa shape index (κ1) is 9.83. The summed E-state index contributed by atoms with van der Waals surface area (Å²) in [5.41, 5.74) is 3.68. The third-order valence-electron chi connectivity index (χ3n) is 2.15. The summed E-state index contributed by atoms with van der Waals surface area (Å²) in [5, 5.41) is 18.9. The van der Waals surface area contributed by atoms with E-state index >= 15 is 0 Å². The Morgan fingerprint density at radius 2 is 2.00 bits per heavy atom. The van der Waals surface area contributed by atoms with Gasteiger partial charge in [0.15, 0.2) is 0 Å². The van der Waals surface area contributed by atoms with E-state index in [4.69, 9.17) is 5.84 Å². The highest BCUT2D eigenvalue weighted by atomic mass is 16.3. The highest BCUT2D eigenvalue weighted by molar-refractivity contribution is 5.48. The van der Waals surface area contributed by atoms with Crippen LogP contribution in [-0.4, -0.2) is 10.2 Å². The van der Waals surface area contributed by atoms with Gasteiger partial charge in [0.05, 0.1) is 0 Å². The zero-order chi connectivity index (χ0) is 10.0. The van der Waals surface area contributed by atoms with Gasteiger partial charge in [-0.15, -0.1) is 0 Å². The number of hydrogen-bond acceptors (Lipinski definition) is 4. The van der Waals surface area contributed by atoms with Crippen LogP contribution in [0.15, 0.2) is 12.1 Å². The Bertz CT molecular complexity index is 313. The molecule has 0 unspecified atom stereocenters. The first-order chi connectivity index (χ1) is 6.07. The Morgan fingerprint density at radius 3 is 2.54 bits per heavy atom. The Kier molecular flexibility index (Phi) is 2.75. The highest BCUT2D eigenvalue weighted by Gasteiger charge is 2.12. The van der Waals surface area contributed by atoms with E-state index in [2.05, 4.69) is 5.43 Å². The molecule has 1 atom stereocenters. The number of nitrogens with two attached hydrogens (primary N) is 1. The van der Waals surface area contributed by atoms with Crippen molar-refractivity contribution in [3.05, 3.63) is 23.3 Å². The lowest BCUT2D eigenvalue weighted by molar-refractivity contribution is 0.430. The maximum absolute atomic E-state index is 9.62. The van der Waals surface area contributed by atoms with Crippen LogP contribution < -0.4 is 11.3 Å². The average molecular weight is 182 g/mol. The Hall–Kier alpha value is -1.26. The topological polar surface area (TPSA) is 78.5 Å². The van der Waals surface area contributed by atoms with E-state index in [1.54, 1.807) is 13.0 Å². The van der Waals surface area contributed by atoms with Crippen molar-refractivity contribution < 1.29 is 10.2 Å². The predicted octanol–water partition coefficient (Wildman–Crippen LogP) is 0.931. The molecule has 0 bridgehead atoms. The molecule has 0 aliphatic carbocycles. The van der Waals surface area contributed by atoms with Gasteiger partial charge in [0.2, 0.25) is 0 Å². The van der Waals surface area contributed by atoms with Gasteiger partial charge < -0.3 is 10.2 Å². The van der Waals surface area contributed by atoms with E-state index in [0.29, 0.717) is 11.1 Å². The van der Waals surface area contributed by atoms with Crippen molar-refractivity contribution in [3.8, 4) is 11.5 Å². The quantitative estimate of drug-likeness (QED) is 0.405. The minimum Gasteiger partial charge on any atom is -0.508 e. The van der Waals surface area contributed by atoms with Crippen LogP contribution in [0.25, 0.3) is 0 Å². The maximum atomic E-state index is 9.62. The van der Waals surface area contributed by atoms with Gasteiger partial charge >= 0.3 is 0 Å². The summed E-state index contributed by atoms with van der Waals surface area (Å²) >= 11 is 0. The minimum absolute atomic E-state index is 0.0884. The lowest BCUT2D eigenvalue weighted by Crippen LogP contribution is -2.25. The summed E-state index contributed by atoms with van der Waals surface area (Å²) < 4.78 is 0. The summed E-state index contributed by atoms with van der Waals surface area (Å²) in [6, 6.07) is 3.04. The number of rotatable bonds is 2. The van der Waals surface area contributed by atoms with Crippen LogP contribution in [0.2, 0.25) is 0 Å². The molecule has 1 aromatic carbocycles. The Morgan fingerprint density at radius 1 is 1.38 bits per heavy atom. The van der Waals surface area contributed by atoms with Gasteiger partial charge in [0.1, 0.15) is 11.5 Å². The highest BCUT2D eigenvalue weighted by Crippen LogP contribution is 2.32. The van der Waals surface area contributed by atoms with E-state index in [9.17, 15) is 10.2 Å². The van der Waals surface area contributed by atoms with Gasteiger partial charge in [-0.2, -0.15) is 0 Å². The van der Waals surface area contributed by atoms with Gasteiger partial charge in [0, 0.05) is 17.2 Å². The molecule has 0 fully saturated rings. The second-order valence-electron chi connectivity index (χ2n) is 3.04. The SMILES string of the molecule is Cc1c(O)ccc([C@@H](C)NN)c1O. The third-order valence-corrected chi connectivity index (χ3v) is 2.15.